The minimum atomic E-state index is -2.06. The number of rotatable bonds is 12. The third kappa shape index (κ3) is 10.1. The average Bonchev–Trinajstić information content (AvgIpc) is 3.26. The fourth-order valence-electron chi connectivity index (χ4n) is 6.91. The van der Waals surface area contributed by atoms with Crippen LogP contribution in [0.1, 0.15) is 18.1 Å². The van der Waals surface area contributed by atoms with Crippen LogP contribution in [0.5, 0.6) is 34.5 Å². The maximum atomic E-state index is 14.1. The van der Waals surface area contributed by atoms with Crippen molar-refractivity contribution in [3.63, 3.8) is 0 Å². The van der Waals surface area contributed by atoms with Crippen molar-refractivity contribution in [1.29, 1.82) is 0 Å². The van der Waals surface area contributed by atoms with Gasteiger partial charge in [-0.1, -0.05) is 24.3 Å². The topological polar surface area (TPSA) is 302 Å². The van der Waals surface area contributed by atoms with Gasteiger partial charge in [-0.25, -0.2) is 9.59 Å². The number of esters is 2. The first kappa shape index (κ1) is 45.1. The molecule has 7 rings (SSSR count). The fraction of sp³-hybridized carbons (Fsp3) is 0.267. The molecular weight excluding hydrogens is 844 g/mol. The van der Waals surface area contributed by atoms with Crippen LogP contribution in [0.15, 0.2) is 106 Å². The monoisotopic (exact) mass is 886 g/mol. The van der Waals surface area contributed by atoms with Gasteiger partial charge in [0.05, 0.1) is 12.7 Å². The van der Waals surface area contributed by atoms with Crippen molar-refractivity contribution in [3.05, 3.63) is 118 Å². The largest absolute Gasteiger partial charge is 0.508 e. The number of fused-ring (bicyclic) bond motifs is 1. The van der Waals surface area contributed by atoms with Gasteiger partial charge in [0.2, 0.25) is 17.5 Å². The Morgan fingerprint density at radius 3 is 1.77 bits per heavy atom. The van der Waals surface area contributed by atoms with E-state index >= 15 is 0 Å². The maximum absolute atomic E-state index is 14.1. The maximum Gasteiger partial charge on any atom is 0.331 e. The summed E-state index contributed by atoms with van der Waals surface area (Å²) in [5.74, 6) is -4.25. The summed E-state index contributed by atoms with van der Waals surface area (Å²) in [6.07, 6.45) is -12.4. The number of carbonyl (C=O) groups excluding carboxylic acids is 2. The number of aromatic hydroxyl groups is 5. The van der Waals surface area contributed by atoms with E-state index in [1.165, 1.54) is 79.7 Å². The van der Waals surface area contributed by atoms with Crippen LogP contribution >= 0.6 is 0 Å². The molecule has 2 aliphatic rings. The van der Waals surface area contributed by atoms with Gasteiger partial charge in [0, 0.05) is 29.8 Å². The molecule has 4 aromatic carbocycles. The Labute approximate surface area is 362 Å². The van der Waals surface area contributed by atoms with Crippen LogP contribution in [0.2, 0.25) is 0 Å². The van der Waals surface area contributed by atoms with Crippen molar-refractivity contribution in [2.75, 3.05) is 6.61 Å². The molecule has 2 fully saturated rings. The van der Waals surface area contributed by atoms with E-state index in [-0.39, 0.29) is 34.2 Å². The summed E-state index contributed by atoms with van der Waals surface area (Å²) in [5.41, 5.74) is -0.125. The molecule has 1 aromatic heterocycles. The molecule has 0 bridgehead atoms. The summed E-state index contributed by atoms with van der Waals surface area (Å²) >= 11 is 0. The van der Waals surface area contributed by atoms with Crippen LogP contribution in [0, 0.1) is 0 Å². The summed E-state index contributed by atoms with van der Waals surface area (Å²) in [6, 6.07) is 18.8. The highest BCUT2D eigenvalue weighted by Gasteiger charge is 2.50. The molecule has 0 amide bonds. The van der Waals surface area contributed by atoms with Crippen LogP contribution < -0.4 is 10.2 Å². The van der Waals surface area contributed by atoms with Crippen LogP contribution in [0.3, 0.4) is 0 Å². The normalized spacial score (nSPS) is 26.0. The van der Waals surface area contributed by atoms with E-state index in [1.807, 2.05) is 0 Å². The first-order chi connectivity index (χ1) is 30.6. The zero-order valence-corrected chi connectivity index (χ0v) is 33.5. The van der Waals surface area contributed by atoms with Gasteiger partial charge in [-0.3, -0.25) is 4.79 Å². The predicted octanol–water partition coefficient (Wildman–Crippen LogP) is 2.55. The Balaban J connectivity index is 1.14. The number of hydrogen-bond acceptors (Lipinski definition) is 19. The van der Waals surface area contributed by atoms with Crippen LogP contribution in [0.4, 0.5) is 0 Å². The van der Waals surface area contributed by atoms with E-state index < -0.39 is 108 Å². The molecule has 19 heteroatoms. The summed E-state index contributed by atoms with van der Waals surface area (Å²) in [7, 11) is 0. The Hall–Kier alpha value is -6.97. The summed E-state index contributed by atoms with van der Waals surface area (Å²) in [6.45, 7) is 0.712. The van der Waals surface area contributed by atoms with E-state index in [4.69, 9.17) is 32.8 Å². The van der Waals surface area contributed by atoms with E-state index in [0.29, 0.717) is 11.1 Å². The number of aliphatic hydroxyl groups is 4. The second-order valence-electron chi connectivity index (χ2n) is 14.8. The van der Waals surface area contributed by atoms with Crippen molar-refractivity contribution in [2.24, 2.45) is 0 Å². The molecule has 10 atom stereocenters. The number of aliphatic hydroxyl groups excluding tert-OH is 4. The Morgan fingerprint density at radius 2 is 1.19 bits per heavy atom. The van der Waals surface area contributed by atoms with Gasteiger partial charge in [-0.2, -0.15) is 0 Å². The molecule has 19 nitrogen and oxygen atoms in total. The smallest absolute Gasteiger partial charge is 0.331 e. The lowest BCUT2D eigenvalue weighted by atomic mass is 9.98. The molecule has 0 unspecified atom stereocenters. The van der Waals surface area contributed by atoms with Gasteiger partial charge >= 0.3 is 11.9 Å². The predicted molar refractivity (Wildman–Crippen MR) is 221 cm³/mol. The molecule has 0 radical (unpaired) electrons. The second kappa shape index (κ2) is 19.2. The van der Waals surface area contributed by atoms with Crippen molar-refractivity contribution in [3.8, 4) is 45.8 Å². The lowest BCUT2D eigenvalue weighted by Crippen LogP contribution is -2.63. The summed E-state index contributed by atoms with van der Waals surface area (Å²) in [5, 5.41) is 94.5. The minimum absolute atomic E-state index is 0.0242. The lowest BCUT2D eigenvalue weighted by Gasteiger charge is -2.43. The number of hydrogen-bond donors (Lipinski definition) is 9. The molecule has 64 heavy (non-hydrogen) atoms. The molecule has 3 heterocycles. The number of phenols is 5. The number of benzene rings is 4. The Bertz CT molecular complexity index is 2570. The molecule has 0 saturated carbocycles. The molecule has 9 N–H and O–H groups in total. The highest BCUT2D eigenvalue weighted by Crippen LogP contribution is 2.38. The number of ether oxygens (including phenoxy) is 6. The van der Waals surface area contributed by atoms with E-state index in [1.54, 1.807) is 12.1 Å². The van der Waals surface area contributed by atoms with Gasteiger partial charge in [0.15, 0.2) is 30.4 Å². The first-order valence-corrected chi connectivity index (χ1v) is 19.6. The van der Waals surface area contributed by atoms with E-state index in [9.17, 15) is 60.3 Å². The highest BCUT2D eigenvalue weighted by molar-refractivity contribution is 5.89. The van der Waals surface area contributed by atoms with Gasteiger partial charge in [-0.05, 0) is 78.7 Å². The van der Waals surface area contributed by atoms with Crippen molar-refractivity contribution < 1.29 is 88.4 Å². The van der Waals surface area contributed by atoms with Crippen molar-refractivity contribution in [1.82, 2.24) is 0 Å². The van der Waals surface area contributed by atoms with Gasteiger partial charge in [-0.15, -0.1) is 0 Å². The van der Waals surface area contributed by atoms with Crippen LogP contribution in [0.25, 0.3) is 34.4 Å². The minimum Gasteiger partial charge on any atom is -0.508 e. The van der Waals surface area contributed by atoms with Crippen LogP contribution in [-0.4, -0.2) is 126 Å². The van der Waals surface area contributed by atoms with Gasteiger partial charge in [0.1, 0.15) is 64.1 Å². The Kier molecular flexibility index (Phi) is 13.5. The van der Waals surface area contributed by atoms with E-state index in [0.717, 1.165) is 24.3 Å². The summed E-state index contributed by atoms with van der Waals surface area (Å²) < 4.78 is 40.2. The average molecular weight is 887 g/mol. The molecule has 2 aliphatic heterocycles. The van der Waals surface area contributed by atoms with Gasteiger partial charge in [0.25, 0.3) is 0 Å². The number of carbonyl (C=O) groups is 2. The molecule has 336 valence electrons. The first-order valence-electron chi connectivity index (χ1n) is 19.6. The fourth-order valence-corrected chi connectivity index (χ4v) is 6.91. The molecule has 0 spiro atoms. The second-order valence-corrected chi connectivity index (χ2v) is 14.8. The van der Waals surface area contributed by atoms with E-state index in [2.05, 4.69) is 0 Å². The molecule has 0 aliphatic carbocycles. The third-order valence-electron chi connectivity index (χ3n) is 10.2. The van der Waals surface area contributed by atoms with Crippen molar-refractivity contribution in [2.45, 2.75) is 68.3 Å². The lowest BCUT2D eigenvalue weighted by molar-refractivity contribution is -0.319. The quantitative estimate of drug-likeness (QED) is 0.0642. The SMILES string of the molecule is C[C@@H]1O[C@@H](OC[C@H]2O[C@@H](Oc3c(-c4ccc(O)cc4)oc4cc(O)cc(O)c4c3=O)[C@H](O)[C@@H](OC(=O)/C=C/c3ccc(O)cc3)[C@H]2O)[C@H](O)[C@H](O)[C@H]1OC(=O)/C=C/c1ccc(O)cc1. The highest BCUT2D eigenvalue weighted by atomic mass is 16.7. The molecular formula is C45H42O19. The van der Waals surface area contributed by atoms with Crippen LogP contribution in [-0.2, 0) is 33.3 Å². The van der Waals surface area contributed by atoms with Gasteiger partial charge < -0.3 is 78.8 Å². The summed E-state index contributed by atoms with van der Waals surface area (Å²) in [4.78, 5) is 39.8. The van der Waals surface area contributed by atoms with Crippen molar-refractivity contribution >= 4 is 35.1 Å². The standard InChI is InChI=1S/C45H42O19/c1-21-40(62-32(51)16-6-22-2-10-25(46)11-3-22)37(55)38(56)44(59-21)58-20-31-35(53)42(63-33(52)17-7-23-4-12-26(47)13-5-23)39(57)45(61-31)64-43-36(54)34-29(50)18-28(49)19-30(34)60-41(43)24-8-14-27(48)15-9-24/h2-19,21,31,35,37-40,42,44-50,53,55-57H,20H2,1H3/b16-6+,17-7+/t21-,31+,35-,37-,38+,39+,40-,42-,44+,45-/m0/s1. The zero-order valence-electron chi connectivity index (χ0n) is 33.5. The molecule has 5 aromatic rings. The number of phenolic OH excluding ortho intramolecular Hbond substituents is 5. The third-order valence-corrected chi connectivity index (χ3v) is 10.2. The Morgan fingerprint density at radius 1 is 0.641 bits per heavy atom. The molecule has 2 saturated heterocycles. The zero-order chi connectivity index (χ0) is 45.8.